The molecule has 2 aliphatic heterocycles. The number of likely N-dealkylation sites (tertiary alicyclic amines) is 1. The van der Waals surface area contributed by atoms with Crippen LogP contribution in [-0.4, -0.2) is 51.4 Å². The summed E-state index contributed by atoms with van der Waals surface area (Å²) in [6.45, 7) is 4.32. The van der Waals surface area contributed by atoms with E-state index in [0.717, 1.165) is 62.5 Å². The van der Waals surface area contributed by atoms with E-state index in [1.165, 1.54) is 0 Å². The molecule has 2 saturated heterocycles. The summed E-state index contributed by atoms with van der Waals surface area (Å²) in [6, 6.07) is 1.03. The Bertz CT molecular complexity index is 977. The SMILES string of the molecule is CCc1cnc(N2CCC(N3CCC[C@H](Cc4ncc(C(F)(F)F)cc4Cl)C3=O)CC2)nc1. The van der Waals surface area contributed by atoms with Gasteiger partial charge in [-0.25, -0.2) is 9.97 Å². The molecule has 6 nitrogen and oxygen atoms in total. The van der Waals surface area contributed by atoms with Gasteiger partial charge in [-0.1, -0.05) is 18.5 Å². The number of alkyl halides is 3. The summed E-state index contributed by atoms with van der Waals surface area (Å²) >= 11 is 6.08. The molecule has 2 aromatic rings. The van der Waals surface area contributed by atoms with Crippen LogP contribution < -0.4 is 4.90 Å². The first-order valence-corrected chi connectivity index (χ1v) is 11.7. The van der Waals surface area contributed by atoms with Crippen LogP contribution in [0.3, 0.4) is 0 Å². The highest BCUT2D eigenvalue weighted by molar-refractivity contribution is 6.31. The molecular weight excluding hydrogens is 455 g/mol. The quantitative estimate of drug-likeness (QED) is 0.626. The van der Waals surface area contributed by atoms with Crippen LogP contribution in [-0.2, 0) is 23.8 Å². The fourth-order valence-corrected chi connectivity index (χ4v) is 4.85. The topological polar surface area (TPSA) is 62.2 Å². The van der Waals surface area contributed by atoms with E-state index in [1.54, 1.807) is 0 Å². The average Bonchev–Trinajstić information content (AvgIpc) is 2.81. The molecule has 0 saturated carbocycles. The molecule has 2 aromatic heterocycles. The van der Waals surface area contributed by atoms with Crippen molar-refractivity contribution in [3.05, 3.63) is 46.5 Å². The van der Waals surface area contributed by atoms with E-state index in [1.807, 2.05) is 17.3 Å². The Balaban J connectivity index is 1.37. The zero-order chi connectivity index (χ0) is 23.6. The normalized spacial score (nSPS) is 20.4. The molecule has 10 heteroatoms. The molecule has 0 bridgehead atoms. The van der Waals surface area contributed by atoms with Crippen molar-refractivity contribution in [1.29, 1.82) is 0 Å². The van der Waals surface area contributed by atoms with E-state index in [2.05, 4.69) is 26.8 Å². The Labute approximate surface area is 196 Å². The van der Waals surface area contributed by atoms with Crippen LogP contribution in [0.5, 0.6) is 0 Å². The monoisotopic (exact) mass is 481 g/mol. The molecule has 0 aromatic carbocycles. The van der Waals surface area contributed by atoms with Gasteiger partial charge in [0, 0.05) is 56.6 Å². The first-order chi connectivity index (χ1) is 15.8. The Kier molecular flexibility index (Phi) is 7.07. The fourth-order valence-electron chi connectivity index (χ4n) is 4.60. The van der Waals surface area contributed by atoms with Crippen molar-refractivity contribution in [3.8, 4) is 0 Å². The lowest BCUT2D eigenvalue weighted by molar-refractivity contribution is -0.141. The Morgan fingerprint density at radius 3 is 2.36 bits per heavy atom. The molecular formula is C23H27ClF3N5O. The van der Waals surface area contributed by atoms with E-state index >= 15 is 0 Å². The average molecular weight is 482 g/mol. The minimum atomic E-state index is -4.50. The van der Waals surface area contributed by atoms with Gasteiger partial charge in [0.1, 0.15) is 0 Å². The maximum absolute atomic E-state index is 13.2. The fraction of sp³-hybridized carbons (Fsp3) is 0.565. The number of carbonyl (C=O) groups excluding carboxylic acids is 1. The van der Waals surface area contributed by atoms with Gasteiger partial charge in [-0.05, 0) is 43.7 Å². The van der Waals surface area contributed by atoms with E-state index in [4.69, 9.17) is 11.6 Å². The van der Waals surface area contributed by atoms with E-state index < -0.39 is 11.7 Å². The number of piperidine rings is 2. The van der Waals surface area contributed by atoms with E-state index in [9.17, 15) is 18.0 Å². The van der Waals surface area contributed by atoms with Crippen molar-refractivity contribution in [2.75, 3.05) is 24.5 Å². The lowest BCUT2D eigenvalue weighted by Gasteiger charge is -2.42. The van der Waals surface area contributed by atoms with Gasteiger partial charge in [0.25, 0.3) is 0 Å². The Morgan fingerprint density at radius 2 is 1.76 bits per heavy atom. The van der Waals surface area contributed by atoms with Gasteiger partial charge in [0.05, 0.1) is 16.3 Å². The number of aryl methyl sites for hydroxylation is 1. The Morgan fingerprint density at radius 1 is 1.06 bits per heavy atom. The second-order valence-electron chi connectivity index (χ2n) is 8.69. The summed E-state index contributed by atoms with van der Waals surface area (Å²) in [6.07, 6.45) is 4.36. The number of anilines is 1. The number of hydrogen-bond acceptors (Lipinski definition) is 5. The van der Waals surface area contributed by atoms with Gasteiger partial charge in [-0.2, -0.15) is 13.2 Å². The number of halogens is 4. The number of amides is 1. The maximum Gasteiger partial charge on any atom is 0.417 e. The van der Waals surface area contributed by atoms with Gasteiger partial charge in [-0.3, -0.25) is 9.78 Å². The third-order valence-corrected chi connectivity index (χ3v) is 6.88. The highest BCUT2D eigenvalue weighted by Crippen LogP contribution is 2.33. The van der Waals surface area contributed by atoms with E-state index in [0.29, 0.717) is 18.7 Å². The van der Waals surface area contributed by atoms with Gasteiger partial charge in [0.15, 0.2) is 0 Å². The summed E-state index contributed by atoms with van der Waals surface area (Å²) in [5, 5.41) is -0.0443. The van der Waals surface area contributed by atoms with Crippen molar-refractivity contribution < 1.29 is 18.0 Å². The first kappa shape index (κ1) is 23.7. The lowest BCUT2D eigenvalue weighted by Crippen LogP contribution is -2.52. The third-order valence-electron chi connectivity index (χ3n) is 6.56. The summed E-state index contributed by atoms with van der Waals surface area (Å²) in [5.74, 6) is 0.445. The Hall–Kier alpha value is -2.42. The lowest BCUT2D eigenvalue weighted by atomic mass is 9.89. The largest absolute Gasteiger partial charge is 0.417 e. The van der Waals surface area contributed by atoms with E-state index in [-0.39, 0.29) is 29.3 Å². The van der Waals surface area contributed by atoms with Crippen LogP contribution in [0.15, 0.2) is 24.7 Å². The zero-order valence-electron chi connectivity index (χ0n) is 18.5. The predicted octanol–water partition coefficient (Wildman–Crippen LogP) is 4.56. The number of carbonyl (C=O) groups is 1. The van der Waals surface area contributed by atoms with Gasteiger partial charge in [-0.15, -0.1) is 0 Å². The van der Waals surface area contributed by atoms with Crippen LogP contribution in [0.4, 0.5) is 19.1 Å². The zero-order valence-corrected chi connectivity index (χ0v) is 19.2. The second-order valence-corrected chi connectivity index (χ2v) is 9.10. The highest BCUT2D eigenvalue weighted by atomic mass is 35.5. The van der Waals surface area contributed by atoms with Crippen LogP contribution in [0.2, 0.25) is 5.02 Å². The molecule has 1 amide bonds. The molecule has 2 fully saturated rings. The molecule has 0 radical (unpaired) electrons. The standard InChI is InChI=1S/C23H27ClF3N5O/c1-2-15-12-29-22(30-13-15)31-8-5-18(6-9-31)32-7-3-4-16(21(32)33)10-20-19(24)11-17(14-28-20)23(25,26)27/h11-14,16,18H,2-10H2,1H3/t16-/m1/s1. The van der Waals surface area contributed by atoms with Crippen molar-refractivity contribution in [2.45, 2.75) is 57.7 Å². The van der Waals surface area contributed by atoms with Crippen LogP contribution >= 0.6 is 11.6 Å². The van der Waals surface area contributed by atoms with Crippen LogP contribution in [0, 0.1) is 5.92 Å². The molecule has 4 heterocycles. The molecule has 0 aliphatic carbocycles. The second kappa shape index (κ2) is 9.83. The van der Waals surface area contributed by atoms with Crippen LogP contribution in [0.25, 0.3) is 0 Å². The maximum atomic E-state index is 13.2. The number of rotatable bonds is 5. The predicted molar refractivity (Wildman–Crippen MR) is 119 cm³/mol. The smallest absolute Gasteiger partial charge is 0.341 e. The van der Waals surface area contributed by atoms with Gasteiger partial charge >= 0.3 is 6.18 Å². The molecule has 178 valence electrons. The summed E-state index contributed by atoms with van der Waals surface area (Å²) in [7, 11) is 0. The summed E-state index contributed by atoms with van der Waals surface area (Å²) in [4.78, 5) is 30.2. The molecule has 0 N–H and O–H groups in total. The first-order valence-electron chi connectivity index (χ1n) is 11.3. The molecule has 33 heavy (non-hydrogen) atoms. The number of aromatic nitrogens is 3. The molecule has 0 spiro atoms. The minimum Gasteiger partial charge on any atom is -0.341 e. The number of nitrogens with zero attached hydrogens (tertiary/aromatic N) is 5. The number of pyridine rings is 1. The molecule has 2 aliphatic rings. The van der Waals surface area contributed by atoms with Crippen molar-refractivity contribution >= 4 is 23.5 Å². The molecule has 1 atom stereocenters. The third kappa shape index (κ3) is 5.39. The van der Waals surface area contributed by atoms with Gasteiger partial charge < -0.3 is 9.80 Å². The van der Waals surface area contributed by atoms with Crippen LogP contribution in [0.1, 0.15) is 49.4 Å². The van der Waals surface area contributed by atoms with Crippen molar-refractivity contribution in [1.82, 2.24) is 19.9 Å². The van der Waals surface area contributed by atoms with Crippen molar-refractivity contribution in [3.63, 3.8) is 0 Å². The van der Waals surface area contributed by atoms with Crippen molar-refractivity contribution in [2.24, 2.45) is 5.92 Å². The minimum absolute atomic E-state index is 0.0426. The molecule has 4 rings (SSSR count). The summed E-state index contributed by atoms with van der Waals surface area (Å²) in [5.41, 5.74) is 0.557. The van der Waals surface area contributed by atoms with Gasteiger partial charge in [0.2, 0.25) is 11.9 Å². The molecule has 0 unspecified atom stereocenters. The highest BCUT2D eigenvalue weighted by Gasteiger charge is 2.36. The number of hydrogen-bond donors (Lipinski definition) is 0. The summed E-state index contributed by atoms with van der Waals surface area (Å²) < 4.78 is 38.6.